The van der Waals surface area contributed by atoms with E-state index in [1.807, 2.05) is 66.2 Å². The number of fused-ring (bicyclic) bond motifs is 1. The maximum absolute atomic E-state index is 12.3. The van der Waals surface area contributed by atoms with Crippen LogP contribution in [-0.2, 0) is 11.8 Å². The molecule has 4 heteroatoms. The molecule has 3 aromatic rings. The molecule has 1 amide bonds. The molecule has 112 valence electrons. The van der Waals surface area contributed by atoms with Crippen LogP contribution in [-0.4, -0.2) is 17.6 Å². The van der Waals surface area contributed by atoms with Gasteiger partial charge in [-0.2, -0.15) is 0 Å². The molecule has 0 fully saturated rings. The van der Waals surface area contributed by atoms with Gasteiger partial charge in [-0.25, -0.2) is 0 Å². The van der Waals surface area contributed by atoms with Crippen LogP contribution in [0.25, 0.3) is 10.9 Å². The topological polar surface area (TPSA) is 34.5 Å². The number of aryl methyl sites for hydroxylation is 1. The molecule has 0 aliphatic rings. The number of amides is 1. The molecule has 1 heterocycles. The zero-order valence-corrected chi connectivity index (χ0v) is 12.9. The third-order valence-corrected chi connectivity index (χ3v) is 3.80. The molecule has 0 aliphatic heterocycles. The number of nitrogens with zero attached hydrogens (tertiary/aromatic N) is 2. The second-order valence-electron chi connectivity index (χ2n) is 5.15. The quantitative estimate of drug-likeness (QED) is 0.735. The first-order valence-electron chi connectivity index (χ1n) is 7.11. The normalized spacial score (nSPS) is 10.7. The van der Waals surface area contributed by atoms with Gasteiger partial charge in [-0.1, -0.05) is 30.3 Å². The molecular formula is C18H18N2O2. The lowest BCUT2D eigenvalue weighted by atomic mass is 10.2. The summed E-state index contributed by atoms with van der Waals surface area (Å²) in [6, 6.07) is 17.6. The summed E-state index contributed by atoms with van der Waals surface area (Å²) >= 11 is 0. The van der Waals surface area contributed by atoms with Crippen LogP contribution in [0.5, 0.6) is 5.75 Å². The van der Waals surface area contributed by atoms with Gasteiger partial charge in [0.05, 0.1) is 12.8 Å². The van der Waals surface area contributed by atoms with Gasteiger partial charge in [0.1, 0.15) is 11.6 Å². The van der Waals surface area contributed by atoms with E-state index in [0.717, 1.165) is 22.4 Å². The van der Waals surface area contributed by atoms with Crippen LogP contribution in [0.1, 0.15) is 6.92 Å². The smallest absolute Gasteiger partial charge is 0.229 e. The maximum Gasteiger partial charge on any atom is 0.229 e. The average Bonchev–Trinajstić information content (AvgIpc) is 2.85. The third kappa shape index (κ3) is 2.22. The number of methoxy groups -OCH3 is 1. The summed E-state index contributed by atoms with van der Waals surface area (Å²) in [4.78, 5) is 14.0. The summed E-state index contributed by atoms with van der Waals surface area (Å²) in [7, 11) is 3.57. The Hall–Kier alpha value is -2.75. The SMILES string of the molecule is COc1ccccc1N(C(C)=O)c1cc2ccccc2n1C. The number of hydrogen-bond donors (Lipinski definition) is 0. The van der Waals surface area contributed by atoms with Gasteiger partial charge in [0.25, 0.3) is 0 Å². The van der Waals surface area contributed by atoms with Crippen molar-refractivity contribution in [3.8, 4) is 5.75 Å². The fourth-order valence-electron chi connectivity index (χ4n) is 2.76. The largest absolute Gasteiger partial charge is 0.495 e. The Morgan fingerprint density at radius 1 is 1.09 bits per heavy atom. The first-order valence-corrected chi connectivity index (χ1v) is 7.11. The molecule has 0 atom stereocenters. The van der Waals surface area contributed by atoms with Crippen LogP contribution < -0.4 is 9.64 Å². The van der Waals surface area contributed by atoms with E-state index >= 15 is 0 Å². The van der Waals surface area contributed by atoms with Crippen molar-refractivity contribution in [2.75, 3.05) is 12.0 Å². The van der Waals surface area contributed by atoms with Crippen molar-refractivity contribution in [1.82, 2.24) is 4.57 Å². The number of anilines is 2. The Labute approximate surface area is 129 Å². The van der Waals surface area contributed by atoms with E-state index in [-0.39, 0.29) is 5.91 Å². The first-order chi connectivity index (χ1) is 10.6. The van der Waals surface area contributed by atoms with Gasteiger partial charge in [0.15, 0.2) is 0 Å². The number of rotatable bonds is 3. The Balaban J connectivity index is 2.23. The van der Waals surface area contributed by atoms with E-state index in [1.165, 1.54) is 0 Å². The lowest BCUT2D eigenvalue weighted by Gasteiger charge is -2.23. The zero-order chi connectivity index (χ0) is 15.7. The van der Waals surface area contributed by atoms with E-state index < -0.39 is 0 Å². The van der Waals surface area contributed by atoms with Crippen molar-refractivity contribution in [2.24, 2.45) is 7.05 Å². The summed E-state index contributed by atoms with van der Waals surface area (Å²) in [6.45, 7) is 1.56. The summed E-state index contributed by atoms with van der Waals surface area (Å²) in [5.41, 5.74) is 1.82. The van der Waals surface area contributed by atoms with Crippen molar-refractivity contribution in [3.63, 3.8) is 0 Å². The fraction of sp³-hybridized carbons (Fsp3) is 0.167. The highest BCUT2D eigenvalue weighted by Gasteiger charge is 2.21. The van der Waals surface area contributed by atoms with Gasteiger partial charge in [-0.15, -0.1) is 0 Å². The summed E-state index contributed by atoms with van der Waals surface area (Å²) in [6.07, 6.45) is 0. The summed E-state index contributed by atoms with van der Waals surface area (Å²) in [5.74, 6) is 1.43. The number of hydrogen-bond acceptors (Lipinski definition) is 2. The van der Waals surface area contributed by atoms with Crippen molar-refractivity contribution in [1.29, 1.82) is 0 Å². The molecule has 0 spiro atoms. The molecule has 1 aromatic heterocycles. The number of carbonyl (C=O) groups is 1. The van der Waals surface area contributed by atoms with E-state index in [0.29, 0.717) is 5.75 Å². The van der Waals surface area contributed by atoms with Crippen LogP contribution in [0.4, 0.5) is 11.5 Å². The maximum atomic E-state index is 12.3. The highest BCUT2D eigenvalue weighted by atomic mass is 16.5. The zero-order valence-electron chi connectivity index (χ0n) is 12.9. The second-order valence-corrected chi connectivity index (χ2v) is 5.15. The standard InChI is InChI=1S/C18H18N2O2/c1-13(21)20(16-10-6-7-11-17(16)22-3)18-12-14-8-4-5-9-15(14)19(18)2/h4-12H,1-3H3. The van der Waals surface area contributed by atoms with E-state index in [1.54, 1.807) is 18.9 Å². The molecule has 3 rings (SSSR count). The highest BCUT2D eigenvalue weighted by Crippen LogP contribution is 2.36. The molecule has 4 nitrogen and oxygen atoms in total. The summed E-state index contributed by atoms with van der Waals surface area (Å²) in [5, 5.41) is 1.10. The number of para-hydroxylation sites is 3. The van der Waals surface area contributed by atoms with Crippen LogP contribution in [0.15, 0.2) is 54.6 Å². The van der Waals surface area contributed by atoms with Crippen LogP contribution in [0.3, 0.4) is 0 Å². The molecule has 0 aliphatic carbocycles. The predicted octanol–water partition coefficient (Wildman–Crippen LogP) is 3.87. The number of carbonyl (C=O) groups excluding carboxylic acids is 1. The first kappa shape index (κ1) is 14.2. The van der Waals surface area contributed by atoms with Crippen molar-refractivity contribution >= 4 is 28.3 Å². The molecule has 0 saturated heterocycles. The number of ether oxygens (including phenoxy) is 1. The van der Waals surface area contributed by atoms with Gasteiger partial charge in [-0.05, 0) is 24.3 Å². The third-order valence-electron chi connectivity index (χ3n) is 3.80. The van der Waals surface area contributed by atoms with E-state index in [2.05, 4.69) is 0 Å². The molecule has 22 heavy (non-hydrogen) atoms. The van der Waals surface area contributed by atoms with Crippen molar-refractivity contribution in [2.45, 2.75) is 6.92 Å². The molecule has 2 aromatic carbocycles. The van der Waals surface area contributed by atoms with E-state index in [9.17, 15) is 4.79 Å². The minimum Gasteiger partial charge on any atom is -0.495 e. The molecule has 0 bridgehead atoms. The van der Waals surface area contributed by atoms with Gasteiger partial charge in [0, 0.05) is 24.9 Å². The summed E-state index contributed by atoms with van der Waals surface area (Å²) < 4.78 is 7.43. The van der Waals surface area contributed by atoms with Gasteiger partial charge in [-0.3, -0.25) is 9.69 Å². The van der Waals surface area contributed by atoms with Gasteiger partial charge in [0.2, 0.25) is 5.91 Å². The van der Waals surface area contributed by atoms with Crippen LogP contribution >= 0.6 is 0 Å². The average molecular weight is 294 g/mol. The monoisotopic (exact) mass is 294 g/mol. The fourth-order valence-corrected chi connectivity index (χ4v) is 2.76. The lowest BCUT2D eigenvalue weighted by molar-refractivity contribution is -0.115. The second kappa shape index (κ2) is 5.56. The Bertz CT molecular complexity index is 836. The van der Waals surface area contributed by atoms with Crippen molar-refractivity contribution < 1.29 is 9.53 Å². The van der Waals surface area contributed by atoms with Gasteiger partial charge < -0.3 is 9.30 Å². The van der Waals surface area contributed by atoms with Gasteiger partial charge >= 0.3 is 0 Å². The van der Waals surface area contributed by atoms with E-state index in [4.69, 9.17) is 4.74 Å². The number of benzene rings is 2. The predicted molar refractivity (Wildman–Crippen MR) is 88.7 cm³/mol. The molecule has 0 N–H and O–H groups in total. The van der Waals surface area contributed by atoms with Crippen molar-refractivity contribution in [3.05, 3.63) is 54.6 Å². The minimum atomic E-state index is -0.0598. The molecular weight excluding hydrogens is 276 g/mol. The Morgan fingerprint density at radius 3 is 2.45 bits per heavy atom. The Kier molecular flexibility index (Phi) is 3.59. The lowest BCUT2D eigenvalue weighted by Crippen LogP contribution is -2.25. The van der Waals surface area contributed by atoms with Crippen LogP contribution in [0, 0.1) is 0 Å². The Morgan fingerprint density at radius 2 is 1.77 bits per heavy atom. The molecule has 0 saturated carbocycles. The molecule has 0 radical (unpaired) electrons. The highest BCUT2D eigenvalue weighted by molar-refractivity contribution is 6.02. The van der Waals surface area contributed by atoms with Crippen LogP contribution in [0.2, 0.25) is 0 Å². The number of aromatic nitrogens is 1. The molecule has 0 unspecified atom stereocenters. The minimum absolute atomic E-state index is 0.0598.